The summed E-state index contributed by atoms with van der Waals surface area (Å²) in [6, 6.07) is 8.08. The molecule has 2 aliphatic rings. The number of hydrogen-bond acceptors (Lipinski definition) is 8. The Labute approximate surface area is 199 Å². The number of ether oxygens (including phenoxy) is 3. The van der Waals surface area contributed by atoms with Crippen LogP contribution in [0.1, 0.15) is 62.4 Å². The summed E-state index contributed by atoms with van der Waals surface area (Å²) >= 11 is 0. The molecule has 2 aromatic rings. The third-order valence-corrected chi connectivity index (χ3v) is 6.71. The van der Waals surface area contributed by atoms with Crippen molar-refractivity contribution in [3.05, 3.63) is 41.1 Å². The first-order chi connectivity index (χ1) is 16.3. The van der Waals surface area contributed by atoms with Gasteiger partial charge in [-0.05, 0) is 64.2 Å². The van der Waals surface area contributed by atoms with E-state index in [2.05, 4.69) is 5.10 Å². The number of rotatable bonds is 8. The number of aromatic nitrogens is 2. The molecule has 1 aromatic carbocycles. The van der Waals surface area contributed by atoms with Crippen molar-refractivity contribution in [2.75, 3.05) is 6.61 Å². The van der Waals surface area contributed by atoms with E-state index in [0.717, 1.165) is 35.4 Å². The molecule has 0 unspecified atom stereocenters. The first-order valence-electron chi connectivity index (χ1n) is 12.1. The molecule has 2 heterocycles. The zero-order valence-corrected chi connectivity index (χ0v) is 20.0. The van der Waals surface area contributed by atoms with Crippen molar-refractivity contribution >= 4 is 0 Å². The maximum atomic E-state index is 10.4. The lowest BCUT2D eigenvalue weighted by Gasteiger charge is -2.39. The minimum absolute atomic E-state index is 0.0769. The van der Waals surface area contributed by atoms with Gasteiger partial charge in [-0.1, -0.05) is 12.1 Å². The fourth-order valence-electron chi connectivity index (χ4n) is 4.69. The van der Waals surface area contributed by atoms with Gasteiger partial charge < -0.3 is 34.6 Å². The van der Waals surface area contributed by atoms with Gasteiger partial charge in [0.15, 0.2) is 0 Å². The van der Waals surface area contributed by atoms with Crippen molar-refractivity contribution in [2.45, 2.75) is 95.7 Å². The van der Waals surface area contributed by atoms with Crippen LogP contribution in [0, 0.1) is 6.92 Å². The van der Waals surface area contributed by atoms with Crippen molar-refractivity contribution in [3.63, 3.8) is 0 Å². The number of benzene rings is 1. The molecule has 0 spiro atoms. The largest absolute Gasteiger partial charge is 0.490 e. The van der Waals surface area contributed by atoms with Gasteiger partial charge in [-0.25, -0.2) is 0 Å². The molecule has 0 bridgehead atoms. The second-order valence-electron chi connectivity index (χ2n) is 9.57. The van der Waals surface area contributed by atoms with E-state index in [-0.39, 0.29) is 11.9 Å². The van der Waals surface area contributed by atoms with Crippen LogP contribution in [0.2, 0.25) is 0 Å². The smallest absolute Gasteiger partial charge is 0.239 e. The normalized spacial score (nSPS) is 27.9. The van der Waals surface area contributed by atoms with Gasteiger partial charge in [0, 0.05) is 23.7 Å². The van der Waals surface area contributed by atoms with Crippen LogP contribution in [0.5, 0.6) is 11.6 Å². The van der Waals surface area contributed by atoms with Crippen LogP contribution >= 0.6 is 0 Å². The SMILES string of the molecule is Cc1c(Cc2ccc(OC3CCCC3)cc2)c(O[C@@H]2O[C@H](CO)[C@@H](O)[C@H](O)[C@H]2O)nn1C(C)C. The Balaban J connectivity index is 1.54. The standard InChI is InChI=1S/C25H36N2O7/c1-14(2)27-15(3)19(12-16-8-10-18(11-9-16)32-17-6-4-5-7-17)24(26-27)34-25-23(31)22(30)21(29)20(13-28)33-25/h8-11,14,17,20-23,25,28-31H,4-7,12-13H2,1-3H3/t20-,21-,22+,23-,25+/m1/s1. The Bertz CT molecular complexity index is 937. The predicted molar refractivity (Wildman–Crippen MR) is 124 cm³/mol. The Morgan fingerprint density at radius 2 is 1.71 bits per heavy atom. The highest BCUT2D eigenvalue weighted by Gasteiger charge is 2.45. The molecular formula is C25H36N2O7. The molecule has 1 aromatic heterocycles. The van der Waals surface area contributed by atoms with Gasteiger partial charge in [0.25, 0.3) is 0 Å². The third-order valence-electron chi connectivity index (χ3n) is 6.71. The van der Waals surface area contributed by atoms with Gasteiger partial charge in [0.05, 0.1) is 12.7 Å². The van der Waals surface area contributed by atoms with Gasteiger partial charge in [0.1, 0.15) is 30.2 Å². The molecule has 0 amide bonds. The quantitative estimate of drug-likeness (QED) is 0.455. The van der Waals surface area contributed by atoms with Crippen molar-refractivity contribution in [3.8, 4) is 11.6 Å². The lowest BCUT2D eigenvalue weighted by atomic mass is 9.99. The summed E-state index contributed by atoms with van der Waals surface area (Å²) in [6.07, 6.45) is -1.30. The molecule has 5 atom stereocenters. The molecule has 1 aliphatic heterocycles. The first-order valence-corrected chi connectivity index (χ1v) is 12.1. The highest BCUT2D eigenvalue weighted by molar-refractivity contribution is 5.38. The summed E-state index contributed by atoms with van der Waals surface area (Å²) in [7, 11) is 0. The Hall–Kier alpha value is -2.17. The average Bonchev–Trinajstić information content (AvgIpc) is 3.44. The minimum atomic E-state index is -1.51. The Morgan fingerprint density at radius 3 is 2.32 bits per heavy atom. The number of nitrogens with zero attached hydrogens (tertiary/aromatic N) is 2. The summed E-state index contributed by atoms with van der Waals surface area (Å²) in [6.45, 7) is 5.46. The molecule has 9 nitrogen and oxygen atoms in total. The van der Waals surface area contributed by atoms with Crippen LogP contribution < -0.4 is 9.47 Å². The van der Waals surface area contributed by atoms with E-state index in [1.165, 1.54) is 12.8 Å². The van der Waals surface area contributed by atoms with E-state index in [1.54, 1.807) is 0 Å². The summed E-state index contributed by atoms with van der Waals surface area (Å²) in [5.74, 6) is 1.14. The fraction of sp³-hybridized carbons (Fsp3) is 0.640. The summed E-state index contributed by atoms with van der Waals surface area (Å²) in [5.41, 5.74) is 2.79. The molecular weight excluding hydrogens is 440 g/mol. The van der Waals surface area contributed by atoms with Crippen LogP contribution in [-0.4, -0.2) is 73.6 Å². The maximum Gasteiger partial charge on any atom is 0.239 e. The molecule has 4 N–H and O–H groups in total. The molecule has 4 rings (SSSR count). The number of aliphatic hydroxyl groups excluding tert-OH is 4. The van der Waals surface area contributed by atoms with Crippen molar-refractivity contribution in [1.82, 2.24) is 9.78 Å². The van der Waals surface area contributed by atoms with Crippen LogP contribution in [0.25, 0.3) is 0 Å². The van der Waals surface area contributed by atoms with Crippen molar-refractivity contribution in [1.29, 1.82) is 0 Å². The Morgan fingerprint density at radius 1 is 1.03 bits per heavy atom. The summed E-state index contributed by atoms with van der Waals surface area (Å²) in [4.78, 5) is 0. The lowest BCUT2D eigenvalue weighted by molar-refractivity contribution is -0.278. The molecule has 1 saturated carbocycles. The summed E-state index contributed by atoms with van der Waals surface area (Å²) < 4.78 is 19.4. The molecule has 9 heteroatoms. The van der Waals surface area contributed by atoms with Gasteiger partial charge in [-0.3, -0.25) is 4.68 Å². The monoisotopic (exact) mass is 476 g/mol. The van der Waals surface area contributed by atoms with Crippen LogP contribution in [0.15, 0.2) is 24.3 Å². The molecule has 1 aliphatic carbocycles. The van der Waals surface area contributed by atoms with Crippen LogP contribution in [0.3, 0.4) is 0 Å². The van der Waals surface area contributed by atoms with Gasteiger partial charge in [-0.15, -0.1) is 5.10 Å². The molecule has 2 fully saturated rings. The molecule has 1 saturated heterocycles. The Kier molecular flexibility index (Phi) is 7.79. The number of aliphatic hydroxyl groups is 4. The third kappa shape index (κ3) is 5.23. The number of hydrogen-bond donors (Lipinski definition) is 4. The second kappa shape index (κ2) is 10.6. The summed E-state index contributed by atoms with van der Waals surface area (Å²) in [5, 5.41) is 44.6. The molecule has 34 heavy (non-hydrogen) atoms. The zero-order chi connectivity index (χ0) is 24.4. The van der Waals surface area contributed by atoms with E-state index in [0.29, 0.717) is 12.5 Å². The van der Waals surface area contributed by atoms with Gasteiger partial charge >= 0.3 is 0 Å². The van der Waals surface area contributed by atoms with E-state index in [1.807, 2.05) is 49.7 Å². The van der Waals surface area contributed by atoms with E-state index in [9.17, 15) is 20.4 Å². The predicted octanol–water partition coefficient (Wildman–Crippen LogP) is 1.86. The van der Waals surface area contributed by atoms with Crippen LogP contribution in [0.4, 0.5) is 0 Å². The van der Waals surface area contributed by atoms with E-state index >= 15 is 0 Å². The first kappa shape index (κ1) is 24.9. The van der Waals surface area contributed by atoms with Crippen molar-refractivity contribution < 1.29 is 34.6 Å². The van der Waals surface area contributed by atoms with E-state index in [4.69, 9.17) is 14.2 Å². The fourth-order valence-corrected chi connectivity index (χ4v) is 4.69. The lowest BCUT2D eigenvalue weighted by Crippen LogP contribution is -2.60. The zero-order valence-electron chi connectivity index (χ0n) is 20.0. The van der Waals surface area contributed by atoms with Gasteiger partial charge in [-0.2, -0.15) is 0 Å². The highest BCUT2D eigenvalue weighted by atomic mass is 16.7. The van der Waals surface area contributed by atoms with Crippen LogP contribution in [-0.2, 0) is 11.2 Å². The van der Waals surface area contributed by atoms with E-state index < -0.39 is 37.3 Å². The van der Waals surface area contributed by atoms with Gasteiger partial charge in [0.2, 0.25) is 12.2 Å². The topological polar surface area (TPSA) is 126 Å². The average molecular weight is 477 g/mol. The minimum Gasteiger partial charge on any atom is -0.490 e. The highest BCUT2D eigenvalue weighted by Crippen LogP contribution is 2.31. The second-order valence-corrected chi connectivity index (χ2v) is 9.57. The van der Waals surface area contributed by atoms with Crippen molar-refractivity contribution in [2.24, 2.45) is 0 Å². The molecule has 188 valence electrons. The molecule has 0 radical (unpaired) electrons. The maximum absolute atomic E-state index is 10.4.